The standard InChI is InChI=1S/C24H16F6N2O2S/c1-35(33,34)19-13-9-16(10-14-19)21-20(15-7-11-17(12-8-15)23(25,26)27)22(24(28,29)30)31-32(21)18-5-3-2-4-6-18/h2-14H,1H3. The Morgan fingerprint density at radius 1 is 0.714 bits per heavy atom. The lowest BCUT2D eigenvalue weighted by Gasteiger charge is -2.13. The SMILES string of the molecule is CS(=O)(=O)c1ccc(-c2c(-c3ccc(C(F)(F)F)cc3)c(C(F)(F)F)nn2-c2ccccc2)cc1. The molecule has 0 bridgehead atoms. The minimum atomic E-state index is -4.93. The van der Waals surface area contributed by atoms with Crippen molar-refractivity contribution in [1.29, 1.82) is 0 Å². The minimum Gasteiger partial charge on any atom is -0.232 e. The molecule has 0 N–H and O–H groups in total. The summed E-state index contributed by atoms with van der Waals surface area (Å²) in [5.74, 6) is 0. The normalized spacial score (nSPS) is 12.7. The molecule has 0 saturated carbocycles. The van der Waals surface area contributed by atoms with E-state index in [1.807, 2.05) is 0 Å². The third-order valence-corrected chi connectivity index (χ3v) is 6.34. The van der Waals surface area contributed by atoms with Crippen LogP contribution in [0.2, 0.25) is 0 Å². The maximum absolute atomic E-state index is 14.1. The van der Waals surface area contributed by atoms with Crippen LogP contribution in [-0.4, -0.2) is 24.5 Å². The first-order chi connectivity index (χ1) is 16.3. The monoisotopic (exact) mass is 510 g/mol. The lowest BCUT2D eigenvalue weighted by atomic mass is 9.97. The predicted octanol–water partition coefficient (Wildman–Crippen LogP) is 6.65. The molecule has 0 aliphatic heterocycles. The van der Waals surface area contributed by atoms with Gasteiger partial charge in [-0.2, -0.15) is 31.4 Å². The molecular weight excluding hydrogens is 494 g/mol. The Bertz CT molecular complexity index is 1460. The van der Waals surface area contributed by atoms with E-state index in [1.165, 1.54) is 36.4 Å². The summed E-state index contributed by atoms with van der Waals surface area (Å²) in [5.41, 5.74) is -2.44. The van der Waals surface area contributed by atoms with E-state index < -0.39 is 39.0 Å². The van der Waals surface area contributed by atoms with Crippen LogP contribution in [0.3, 0.4) is 0 Å². The molecule has 0 atom stereocenters. The molecule has 0 radical (unpaired) electrons. The topological polar surface area (TPSA) is 52.0 Å². The van der Waals surface area contributed by atoms with E-state index in [0.717, 1.165) is 23.1 Å². The molecule has 4 aromatic rings. The van der Waals surface area contributed by atoms with Crippen LogP contribution in [0, 0.1) is 0 Å². The summed E-state index contributed by atoms with van der Waals surface area (Å²) in [4.78, 5) is -0.0425. The number of hydrogen-bond donors (Lipinski definition) is 0. The molecule has 11 heteroatoms. The van der Waals surface area contributed by atoms with Crippen molar-refractivity contribution in [2.24, 2.45) is 0 Å². The molecule has 0 fully saturated rings. The lowest BCUT2D eigenvalue weighted by molar-refractivity contribution is -0.141. The second kappa shape index (κ2) is 8.56. The number of hydrogen-bond acceptors (Lipinski definition) is 3. The highest BCUT2D eigenvalue weighted by molar-refractivity contribution is 7.90. The van der Waals surface area contributed by atoms with E-state index in [0.29, 0.717) is 12.1 Å². The van der Waals surface area contributed by atoms with Crippen LogP contribution in [0.1, 0.15) is 11.3 Å². The van der Waals surface area contributed by atoms with Gasteiger partial charge in [0.15, 0.2) is 15.5 Å². The Hall–Kier alpha value is -3.60. The Morgan fingerprint density at radius 2 is 1.26 bits per heavy atom. The van der Waals surface area contributed by atoms with Gasteiger partial charge in [-0.3, -0.25) is 0 Å². The third kappa shape index (κ3) is 4.95. The predicted molar refractivity (Wildman–Crippen MR) is 118 cm³/mol. The van der Waals surface area contributed by atoms with Crippen molar-refractivity contribution < 1.29 is 34.8 Å². The van der Waals surface area contributed by atoms with E-state index in [4.69, 9.17) is 0 Å². The van der Waals surface area contributed by atoms with Crippen molar-refractivity contribution in [3.05, 3.63) is 90.1 Å². The number of aromatic nitrogens is 2. The van der Waals surface area contributed by atoms with Gasteiger partial charge in [0.2, 0.25) is 0 Å². The molecule has 0 aliphatic rings. The molecule has 4 rings (SSSR count). The first-order valence-electron chi connectivity index (χ1n) is 10.0. The molecule has 1 aromatic heterocycles. The largest absolute Gasteiger partial charge is 0.435 e. The zero-order valence-electron chi connectivity index (χ0n) is 17.9. The van der Waals surface area contributed by atoms with Crippen LogP contribution in [0.5, 0.6) is 0 Å². The summed E-state index contributed by atoms with van der Waals surface area (Å²) in [6.45, 7) is 0. The van der Waals surface area contributed by atoms with Gasteiger partial charge < -0.3 is 0 Å². The highest BCUT2D eigenvalue weighted by Gasteiger charge is 2.40. The van der Waals surface area contributed by atoms with Crippen molar-refractivity contribution in [3.63, 3.8) is 0 Å². The molecule has 0 spiro atoms. The van der Waals surface area contributed by atoms with E-state index >= 15 is 0 Å². The number of halogens is 6. The van der Waals surface area contributed by atoms with Gasteiger partial charge >= 0.3 is 12.4 Å². The zero-order chi connectivity index (χ0) is 25.6. The van der Waals surface area contributed by atoms with Gasteiger partial charge in [0.05, 0.1) is 21.8 Å². The minimum absolute atomic E-state index is 0.0425. The first kappa shape index (κ1) is 24.5. The Kier molecular flexibility index (Phi) is 6.00. The van der Waals surface area contributed by atoms with Crippen LogP contribution in [0.15, 0.2) is 83.8 Å². The van der Waals surface area contributed by atoms with Gasteiger partial charge in [-0.15, -0.1) is 0 Å². The molecule has 0 amide bonds. The number of alkyl halides is 6. The summed E-state index contributed by atoms with van der Waals surface area (Å²) in [6.07, 6.45) is -8.60. The summed E-state index contributed by atoms with van der Waals surface area (Å²) >= 11 is 0. The van der Waals surface area contributed by atoms with E-state index in [-0.39, 0.29) is 27.4 Å². The first-order valence-corrected chi connectivity index (χ1v) is 11.9. The molecule has 1 heterocycles. The second-order valence-electron chi connectivity index (χ2n) is 7.69. The van der Waals surface area contributed by atoms with Gasteiger partial charge in [-0.1, -0.05) is 42.5 Å². The van der Waals surface area contributed by atoms with Gasteiger partial charge in [-0.25, -0.2) is 13.1 Å². The van der Waals surface area contributed by atoms with Crippen LogP contribution in [0.4, 0.5) is 26.3 Å². The number of benzene rings is 3. The van der Waals surface area contributed by atoms with Crippen molar-refractivity contribution >= 4 is 9.84 Å². The van der Waals surface area contributed by atoms with E-state index in [9.17, 15) is 34.8 Å². The van der Waals surface area contributed by atoms with Gasteiger partial charge in [0.25, 0.3) is 0 Å². The van der Waals surface area contributed by atoms with Gasteiger partial charge in [0.1, 0.15) is 0 Å². The average Bonchev–Trinajstić information content (AvgIpc) is 3.20. The summed E-state index contributed by atoms with van der Waals surface area (Å²) < 4.78 is 106. The quantitative estimate of drug-likeness (QED) is 0.289. The van der Waals surface area contributed by atoms with Crippen molar-refractivity contribution in [1.82, 2.24) is 9.78 Å². The number of sulfone groups is 1. The summed E-state index contributed by atoms with van der Waals surface area (Å²) in [7, 11) is -3.57. The molecule has 0 saturated heterocycles. The van der Waals surface area contributed by atoms with Crippen molar-refractivity contribution in [3.8, 4) is 28.1 Å². The summed E-state index contributed by atoms with van der Waals surface area (Å²) in [5, 5.41) is 3.80. The second-order valence-corrected chi connectivity index (χ2v) is 9.70. The van der Waals surface area contributed by atoms with Crippen molar-refractivity contribution in [2.45, 2.75) is 17.2 Å². The average molecular weight is 510 g/mol. The lowest BCUT2D eigenvalue weighted by Crippen LogP contribution is -2.09. The van der Waals surface area contributed by atoms with Crippen molar-refractivity contribution in [2.75, 3.05) is 6.26 Å². The Morgan fingerprint density at radius 3 is 1.74 bits per heavy atom. The van der Waals surface area contributed by atoms with Crippen LogP contribution >= 0.6 is 0 Å². The highest BCUT2D eigenvalue weighted by atomic mass is 32.2. The Balaban J connectivity index is 2.04. The van der Waals surface area contributed by atoms with Gasteiger partial charge in [0, 0.05) is 17.4 Å². The van der Waals surface area contributed by atoms with Gasteiger partial charge in [-0.05, 0) is 42.0 Å². The summed E-state index contributed by atoms with van der Waals surface area (Å²) in [6, 6.07) is 16.4. The highest BCUT2D eigenvalue weighted by Crippen LogP contribution is 2.44. The molecule has 3 aromatic carbocycles. The number of para-hydroxylation sites is 1. The van der Waals surface area contributed by atoms with Crippen LogP contribution in [-0.2, 0) is 22.2 Å². The maximum atomic E-state index is 14.1. The fourth-order valence-electron chi connectivity index (χ4n) is 3.60. The maximum Gasteiger partial charge on any atom is 0.435 e. The molecule has 0 unspecified atom stereocenters. The van der Waals surface area contributed by atoms with Crippen LogP contribution < -0.4 is 0 Å². The van der Waals surface area contributed by atoms with E-state index in [2.05, 4.69) is 5.10 Å². The molecular formula is C24H16F6N2O2S. The molecule has 4 nitrogen and oxygen atoms in total. The van der Waals surface area contributed by atoms with E-state index in [1.54, 1.807) is 18.2 Å². The smallest absolute Gasteiger partial charge is 0.232 e. The molecule has 0 aliphatic carbocycles. The Labute approximate surface area is 196 Å². The van der Waals surface area contributed by atoms with Crippen LogP contribution in [0.25, 0.3) is 28.1 Å². The zero-order valence-corrected chi connectivity index (χ0v) is 18.7. The molecule has 182 valence electrons. The fourth-order valence-corrected chi connectivity index (χ4v) is 4.23. The number of nitrogens with zero attached hydrogens (tertiary/aromatic N) is 2. The third-order valence-electron chi connectivity index (χ3n) is 5.21. The number of rotatable bonds is 4. The fraction of sp³-hybridized carbons (Fsp3) is 0.125. The molecule has 35 heavy (non-hydrogen) atoms.